The molecule has 1 atom stereocenters. The predicted molar refractivity (Wildman–Crippen MR) is 142 cm³/mol. The maximum Gasteiger partial charge on any atom is 0.387 e. The van der Waals surface area contributed by atoms with Gasteiger partial charge in [-0.15, -0.1) is 12.4 Å². The number of aromatic nitrogens is 1. The van der Waals surface area contributed by atoms with Gasteiger partial charge in [-0.2, -0.15) is 8.78 Å². The van der Waals surface area contributed by atoms with E-state index in [0.29, 0.717) is 50.8 Å². The first-order chi connectivity index (χ1) is 18.2. The van der Waals surface area contributed by atoms with Gasteiger partial charge in [-0.1, -0.05) is 6.92 Å². The second kappa shape index (κ2) is 13.3. The molecule has 2 aliphatic rings. The van der Waals surface area contributed by atoms with Crippen LogP contribution in [0.3, 0.4) is 0 Å². The Morgan fingerprint density at radius 2 is 1.85 bits per heavy atom. The maximum absolute atomic E-state index is 13.4. The zero-order valence-electron chi connectivity index (χ0n) is 22.4. The van der Waals surface area contributed by atoms with Gasteiger partial charge in [0.2, 0.25) is 5.89 Å². The monoisotopic (exact) mass is 571 g/mol. The molecule has 1 aromatic carbocycles. The summed E-state index contributed by atoms with van der Waals surface area (Å²) in [5.74, 6) is 0.462. The summed E-state index contributed by atoms with van der Waals surface area (Å²) in [7, 11) is 1.77. The van der Waals surface area contributed by atoms with Gasteiger partial charge in [0, 0.05) is 45.3 Å². The van der Waals surface area contributed by atoms with Crippen LogP contribution in [0.4, 0.5) is 13.6 Å². The summed E-state index contributed by atoms with van der Waals surface area (Å²) >= 11 is 0. The lowest BCUT2D eigenvalue weighted by Gasteiger charge is -2.36. The molecule has 4 rings (SSSR count). The van der Waals surface area contributed by atoms with Crippen molar-refractivity contribution in [2.24, 2.45) is 11.7 Å². The largest absolute Gasteiger partial charge is 0.489 e. The van der Waals surface area contributed by atoms with Crippen molar-refractivity contribution < 1.29 is 32.3 Å². The zero-order chi connectivity index (χ0) is 27.4. The Labute approximate surface area is 232 Å². The lowest BCUT2D eigenvalue weighted by Crippen LogP contribution is -2.53. The highest BCUT2D eigenvalue weighted by molar-refractivity contribution is 5.94. The third kappa shape index (κ3) is 7.51. The molecule has 1 aliphatic carbocycles. The highest BCUT2D eigenvalue weighted by Crippen LogP contribution is 2.37. The van der Waals surface area contributed by atoms with Crippen LogP contribution in [0.25, 0.3) is 11.5 Å². The Kier molecular flexibility index (Phi) is 10.4. The molecule has 0 unspecified atom stereocenters. The summed E-state index contributed by atoms with van der Waals surface area (Å²) in [5, 5.41) is 0. The molecular formula is C26H36ClF2N5O5. The molecule has 13 heteroatoms. The number of halogens is 3. The second-order valence-corrected chi connectivity index (χ2v) is 9.80. The molecule has 2 N–H and O–H groups in total. The standard InChI is InChI=1S/C26H35F2N5O5.ClH/c1-4-9-31(3)26(35)33-12-10-32(11-13-33)24(34)21-22(16(2)29)38-23(30-21)18-7-8-19(37-25(27)28)20(14-18)36-15-17-5-6-17;/h7-8,14,16-17,25H,4-6,9-13,15,29H2,1-3H3;1H/t16-;/m0./s1. The normalized spacial score (nSPS) is 16.1. The molecular weight excluding hydrogens is 536 g/mol. The highest BCUT2D eigenvalue weighted by Gasteiger charge is 2.31. The fraction of sp³-hybridized carbons (Fsp3) is 0.577. The quantitative estimate of drug-likeness (QED) is 0.450. The average Bonchev–Trinajstić information content (AvgIpc) is 3.62. The molecule has 10 nitrogen and oxygen atoms in total. The third-order valence-electron chi connectivity index (χ3n) is 6.57. The van der Waals surface area contributed by atoms with E-state index in [0.717, 1.165) is 19.3 Å². The van der Waals surface area contributed by atoms with E-state index in [2.05, 4.69) is 9.72 Å². The van der Waals surface area contributed by atoms with E-state index in [4.69, 9.17) is 14.9 Å². The van der Waals surface area contributed by atoms with Crippen LogP contribution in [0, 0.1) is 5.92 Å². The molecule has 2 heterocycles. The second-order valence-electron chi connectivity index (χ2n) is 9.80. The summed E-state index contributed by atoms with van der Waals surface area (Å²) in [6.45, 7) is 3.28. The number of benzene rings is 1. The van der Waals surface area contributed by atoms with E-state index in [9.17, 15) is 18.4 Å². The first-order valence-electron chi connectivity index (χ1n) is 13.0. The van der Waals surface area contributed by atoms with Gasteiger partial charge in [0.15, 0.2) is 23.0 Å². The van der Waals surface area contributed by atoms with Crippen molar-refractivity contribution in [3.63, 3.8) is 0 Å². The van der Waals surface area contributed by atoms with Crippen molar-refractivity contribution in [2.45, 2.75) is 45.8 Å². The minimum Gasteiger partial charge on any atom is -0.489 e. The van der Waals surface area contributed by atoms with E-state index in [1.807, 2.05) is 6.92 Å². The SMILES string of the molecule is CCCN(C)C(=O)N1CCN(C(=O)c2nc(-c3ccc(OC(F)F)c(OCC4CC4)c3)oc2[C@H](C)N)CC1.Cl. The van der Waals surface area contributed by atoms with Crippen molar-refractivity contribution in [1.29, 1.82) is 0 Å². The van der Waals surface area contributed by atoms with E-state index in [-0.39, 0.29) is 53.2 Å². The Balaban J connectivity index is 0.00000420. The molecule has 1 aliphatic heterocycles. The van der Waals surface area contributed by atoms with Crippen LogP contribution in [0.5, 0.6) is 11.5 Å². The molecule has 1 saturated carbocycles. The average molecular weight is 572 g/mol. The van der Waals surface area contributed by atoms with Gasteiger partial charge < -0.3 is 34.3 Å². The number of hydrogen-bond donors (Lipinski definition) is 1. The van der Waals surface area contributed by atoms with Gasteiger partial charge in [0.25, 0.3) is 5.91 Å². The molecule has 1 aromatic heterocycles. The molecule has 216 valence electrons. The van der Waals surface area contributed by atoms with Crippen molar-refractivity contribution in [2.75, 3.05) is 46.4 Å². The first-order valence-corrected chi connectivity index (χ1v) is 13.0. The molecule has 3 amide bonds. The van der Waals surface area contributed by atoms with E-state index in [1.165, 1.54) is 18.2 Å². The van der Waals surface area contributed by atoms with Gasteiger partial charge in [-0.25, -0.2) is 9.78 Å². The fourth-order valence-corrected chi connectivity index (χ4v) is 4.28. The predicted octanol–water partition coefficient (Wildman–Crippen LogP) is 4.39. The Hall–Kier alpha value is -3.12. The molecule has 39 heavy (non-hydrogen) atoms. The number of amides is 3. The van der Waals surface area contributed by atoms with Crippen LogP contribution < -0.4 is 15.2 Å². The van der Waals surface area contributed by atoms with Crippen LogP contribution in [-0.2, 0) is 0 Å². The molecule has 2 fully saturated rings. The van der Waals surface area contributed by atoms with Crippen molar-refractivity contribution >= 4 is 24.3 Å². The number of rotatable bonds is 10. The number of carbonyl (C=O) groups excluding carboxylic acids is 2. The Morgan fingerprint density at radius 1 is 1.18 bits per heavy atom. The number of carbonyl (C=O) groups is 2. The maximum atomic E-state index is 13.4. The van der Waals surface area contributed by atoms with E-state index >= 15 is 0 Å². The molecule has 2 aromatic rings. The number of hydrogen-bond acceptors (Lipinski definition) is 7. The summed E-state index contributed by atoms with van der Waals surface area (Å²) < 4.78 is 42.1. The third-order valence-corrected chi connectivity index (χ3v) is 6.57. The van der Waals surface area contributed by atoms with Crippen molar-refractivity contribution in [3.05, 3.63) is 29.7 Å². The first kappa shape index (κ1) is 30.4. The van der Waals surface area contributed by atoms with E-state index in [1.54, 1.807) is 28.7 Å². The van der Waals surface area contributed by atoms with Gasteiger partial charge in [-0.3, -0.25) is 4.79 Å². The molecule has 1 saturated heterocycles. The number of ether oxygens (including phenoxy) is 2. The number of nitrogens with zero attached hydrogens (tertiary/aromatic N) is 4. The lowest BCUT2D eigenvalue weighted by atomic mass is 10.2. The molecule has 0 spiro atoms. The number of oxazole rings is 1. The van der Waals surface area contributed by atoms with Gasteiger partial charge in [-0.05, 0) is 50.3 Å². The summed E-state index contributed by atoms with van der Waals surface area (Å²) in [6, 6.07) is 3.73. The van der Waals surface area contributed by atoms with Crippen LogP contribution >= 0.6 is 12.4 Å². The highest BCUT2D eigenvalue weighted by atomic mass is 35.5. The minimum atomic E-state index is -3.00. The number of alkyl halides is 2. The van der Waals surface area contributed by atoms with Crippen molar-refractivity contribution in [1.82, 2.24) is 19.7 Å². The summed E-state index contributed by atoms with van der Waals surface area (Å²) in [5.41, 5.74) is 6.63. The van der Waals surface area contributed by atoms with E-state index < -0.39 is 12.7 Å². The lowest BCUT2D eigenvalue weighted by molar-refractivity contribution is -0.0515. The van der Waals surface area contributed by atoms with Crippen LogP contribution in [0.15, 0.2) is 22.6 Å². The summed E-state index contributed by atoms with van der Waals surface area (Å²) in [4.78, 5) is 35.5. The Bertz CT molecular complexity index is 1140. The number of urea groups is 1. The topological polar surface area (TPSA) is 114 Å². The van der Waals surface area contributed by atoms with Crippen LogP contribution in [0.2, 0.25) is 0 Å². The van der Waals surface area contributed by atoms with Gasteiger partial charge in [0.1, 0.15) is 0 Å². The molecule has 0 bridgehead atoms. The smallest absolute Gasteiger partial charge is 0.387 e. The number of piperazine rings is 1. The van der Waals surface area contributed by atoms with Crippen LogP contribution in [-0.4, -0.2) is 84.6 Å². The van der Waals surface area contributed by atoms with Gasteiger partial charge >= 0.3 is 12.6 Å². The van der Waals surface area contributed by atoms with Gasteiger partial charge in [0.05, 0.1) is 12.6 Å². The minimum absolute atomic E-state index is 0. The number of nitrogens with two attached hydrogens (primary N) is 1. The van der Waals surface area contributed by atoms with Crippen molar-refractivity contribution in [3.8, 4) is 23.0 Å². The molecule has 0 radical (unpaired) electrons. The Morgan fingerprint density at radius 3 is 2.44 bits per heavy atom. The zero-order valence-corrected chi connectivity index (χ0v) is 23.2. The van der Waals surface area contributed by atoms with Crippen LogP contribution in [0.1, 0.15) is 55.4 Å². The fourth-order valence-electron chi connectivity index (χ4n) is 4.28. The summed E-state index contributed by atoms with van der Waals surface area (Å²) in [6.07, 6.45) is 2.93.